The summed E-state index contributed by atoms with van der Waals surface area (Å²) in [4.78, 5) is 41.3. The Balaban J connectivity index is 1.37. The van der Waals surface area contributed by atoms with Gasteiger partial charge in [0, 0.05) is 13.0 Å². The van der Waals surface area contributed by atoms with E-state index in [9.17, 15) is 25.0 Å². The van der Waals surface area contributed by atoms with Crippen LogP contribution >= 0.6 is 0 Å². The highest BCUT2D eigenvalue weighted by Gasteiger charge is 2.50. The minimum absolute atomic E-state index is 0.00490. The third-order valence-corrected chi connectivity index (χ3v) is 5.22. The van der Waals surface area contributed by atoms with Crippen LogP contribution < -0.4 is 0 Å². The summed E-state index contributed by atoms with van der Waals surface area (Å²) in [5.41, 5.74) is 0. The minimum Gasteiger partial charge on any atom is -0.457 e. The molecule has 0 spiro atoms. The average Bonchev–Trinajstić information content (AvgIpc) is 3.30. The normalized spacial score (nSPS) is 30.9. The molecule has 14 heteroatoms. The number of fused-ring (bicyclic) bond motifs is 1. The van der Waals surface area contributed by atoms with Crippen molar-refractivity contribution in [3.8, 4) is 0 Å². The molecule has 3 aliphatic heterocycles. The molecule has 0 amide bonds. The van der Waals surface area contributed by atoms with Gasteiger partial charge in [0.25, 0.3) is 10.2 Å². The smallest absolute Gasteiger partial charge is 0.306 e. The summed E-state index contributed by atoms with van der Waals surface area (Å²) in [5.74, 6) is -0.534. The molecule has 0 bridgehead atoms. The van der Waals surface area contributed by atoms with E-state index < -0.39 is 41.1 Å². The van der Waals surface area contributed by atoms with E-state index in [-0.39, 0.29) is 44.4 Å². The SMILES string of the molecule is O=C(CCCC(CO[N+](=O)[O-])O[N+](=O)[O-])O[C@H]1CO[C@H]2[C@@H]1OC[C@@H]2OC1CCCCO1. The van der Waals surface area contributed by atoms with Crippen LogP contribution in [0.25, 0.3) is 0 Å². The lowest BCUT2D eigenvalue weighted by Crippen LogP contribution is -2.38. The Labute approximate surface area is 177 Å². The molecule has 0 aromatic heterocycles. The molecule has 3 aliphatic rings. The summed E-state index contributed by atoms with van der Waals surface area (Å²) in [6, 6.07) is 0. The van der Waals surface area contributed by atoms with E-state index in [1.54, 1.807) is 0 Å². The molecule has 0 aliphatic carbocycles. The largest absolute Gasteiger partial charge is 0.457 e. The van der Waals surface area contributed by atoms with Crippen LogP contribution in [0.3, 0.4) is 0 Å². The number of carbonyl (C=O) groups excluding carboxylic acids is 1. The quantitative estimate of drug-likeness (QED) is 0.230. The topological polar surface area (TPSA) is 168 Å². The summed E-state index contributed by atoms with van der Waals surface area (Å²) in [5, 5.41) is 18.6. The van der Waals surface area contributed by atoms with E-state index in [1.165, 1.54) is 0 Å². The van der Waals surface area contributed by atoms with Gasteiger partial charge in [-0.15, -0.1) is 20.2 Å². The van der Waals surface area contributed by atoms with Crippen LogP contribution in [0, 0.1) is 20.2 Å². The van der Waals surface area contributed by atoms with Crippen molar-refractivity contribution in [3.05, 3.63) is 20.2 Å². The van der Waals surface area contributed by atoms with E-state index in [1.807, 2.05) is 0 Å². The molecule has 0 aromatic carbocycles. The van der Waals surface area contributed by atoms with E-state index in [4.69, 9.17) is 23.7 Å². The summed E-state index contributed by atoms with van der Waals surface area (Å²) in [6.45, 7) is 0.554. The fraction of sp³-hybridized carbons (Fsp3) is 0.941. The van der Waals surface area contributed by atoms with Gasteiger partial charge in [-0.3, -0.25) is 4.79 Å². The Morgan fingerprint density at radius 2 is 1.77 bits per heavy atom. The van der Waals surface area contributed by atoms with Gasteiger partial charge in [-0.2, -0.15) is 0 Å². The van der Waals surface area contributed by atoms with Gasteiger partial charge in [0.15, 0.2) is 12.4 Å². The van der Waals surface area contributed by atoms with Gasteiger partial charge in [0.2, 0.25) is 0 Å². The van der Waals surface area contributed by atoms with E-state index in [2.05, 4.69) is 9.68 Å². The number of nitrogens with zero attached hydrogens (tertiary/aromatic N) is 2. The van der Waals surface area contributed by atoms with Crippen LogP contribution in [0.2, 0.25) is 0 Å². The molecule has 0 N–H and O–H groups in total. The highest BCUT2D eigenvalue weighted by molar-refractivity contribution is 5.69. The second-order valence-corrected chi connectivity index (χ2v) is 7.46. The number of hydrogen-bond acceptors (Lipinski definition) is 12. The number of ether oxygens (including phenoxy) is 5. The molecule has 176 valence electrons. The Hall–Kier alpha value is -2.29. The van der Waals surface area contributed by atoms with Crippen molar-refractivity contribution in [2.45, 2.75) is 75.3 Å². The molecule has 0 saturated carbocycles. The van der Waals surface area contributed by atoms with E-state index in [0.29, 0.717) is 13.2 Å². The standard InChI is InChI=1S/C17H26N2O12/c20-14(5-3-4-11(31-19(23)24)8-28-18(21)22)29-12-9-26-17-13(10-27-16(12)17)30-15-6-1-2-7-25-15/h11-13,15-17H,1-10H2/t11?,12-,13-,15?,16+,17+/m0/s1. The van der Waals surface area contributed by atoms with E-state index >= 15 is 0 Å². The maximum absolute atomic E-state index is 12.2. The van der Waals surface area contributed by atoms with E-state index in [0.717, 1.165) is 19.3 Å². The first-order valence-electron chi connectivity index (χ1n) is 10.2. The zero-order valence-corrected chi connectivity index (χ0v) is 16.8. The molecule has 0 radical (unpaired) electrons. The lowest BCUT2D eigenvalue weighted by Gasteiger charge is -2.27. The molecule has 3 saturated heterocycles. The molecule has 3 rings (SSSR count). The number of carbonyl (C=O) groups is 1. The molecule has 3 heterocycles. The van der Waals surface area contributed by atoms with Crippen molar-refractivity contribution in [2.75, 3.05) is 26.4 Å². The van der Waals surface area contributed by atoms with Crippen molar-refractivity contribution in [1.82, 2.24) is 0 Å². The van der Waals surface area contributed by atoms with Crippen LogP contribution in [0.1, 0.15) is 38.5 Å². The van der Waals surface area contributed by atoms with Gasteiger partial charge in [-0.05, 0) is 32.1 Å². The highest BCUT2D eigenvalue weighted by Crippen LogP contribution is 2.32. The number of esters is 1. The van der Waals surface area contributed by atoms with Gasteiger partial charge in [-0.25, -0.2) is 0 Å². The van der Waals surface area contributed by atoms with Crippen molar-refractivity contribution in [2.24, 2.45) is 0 Å². The maximum atomic E-state index is 12.2. The van der Waals surface area contributed by atoms with Gasteiger partial charge in [0.1, 0.15) is 31.0 Å². The molecular weight excluding hydrogens is 424 g/mol. The molecule has 6 atom stereocenters. The average molecular weight is 450 g/mol. The minimum atomic E-state index is -1.16. The van der Waals surface area contributed by atoms with Gasteiger partial charge < -0.3 is 33.4 Å². The molecule has 14 nitrogen and oxygen atoms in total. The van der Waals surface area contributed by atoms with Crippen molar-refractivity contribution >= 4 is 5.97 Å². The molecular formula is C17H26N2O12. The first-order valence-corrected chi connectivity index (χ1v) is 10.2. The second-order valence-electron chi connectivity index (χ2n) is 7.46. The first-order chi connectivity index (χ1) is 14.9. The molecule has 3 fully saturated rings. The zero-order valence-electron chi connectivity index (χ0n) is 16.8. The third kappa shape index (κ3) is 7.12. The van der Waals surface area contributed by atoms with Gasteiger partial charge >= 0.3 is 5.97 Å². The lowest BCUT2D eigenvalue weighted by molar-refractivity contribution is -0.790. The monoisotopic (exact) mass is 450 g/mol. The predicted molar refractivity (Wildman–Crippen MR) is 96.5 cm³/mol. The fourth-order valence-corrected chi connectivity index (χ4v) is 3.79. The van der Waals surface area contributed by atoms with Crippen molar-refractivity contribution in [1.29, 1.82) is 0 Å². The summed E-state index contributed by atoms with van der Waals surface area (Å²) < 4.78 is 28.4. The number of rotatable bonds is 12. The zero-order chi connectivity index (χ0) is 22.2. The first kappa shape index (κ1) is 23.4. The Morgan fingerprint density at radius 3 is 2.45 bits per heavy atom. The van der Waals surface area contributed by atoms with Crippen LogP contribution in [-0.4, -0.2) is 79.4 Å². The van der Waals surface area contributed by atoms with Crippen LogP contribution in [0.5, 0.6) is 0 Å². The highest BCUT2D eigenvalue weighted by atomic mass is 17.0. The Bertz CT molecular complexity index is 628. The Kier molecular flexibility index (Phi) is 8.57. The van der Waals surface area contributed by atoms with Crippen LogP contribution in [-0.2, 0) is 38.2 Å². The molecule has 2 unspecified atom stereocenters. The summed E-state index contributed by atoms with van der Waals surface area (Å²) in [7, 11) is 0. The fourth-order valence-electron chi connectivity index (χ4n) is 3.79. The molecule has 0 aromatic rings. The maximum Gasteiger partial charge on any atom is 0.306 e. The predicted octanol–water partition coefficient (Wildman–Crippen LogP) is 0.563. The summed E-state index contributed by atoms with van der Waals surface area (Å²) in [6.07, 6.45) is -0.109. The summed E-state index contributed by atoms with van der Waals surface area (Å²) >= 11 is 0. The van der Waals surface area contributed by atoms with Crippen LogP contribution in [0.15, 0.2) is 0 Å². The van der Waals surface area contributed by atoms with Crippen molar-refractivity contribution < 1.29 is 48.3 Å². The Morgan fingerprint density at radius 1 is 1.03 bits per heavy atom. The van der Waals surface area contributed by atoms with Crippen LogP contribution in [0.4, 0.5) is 0 Å². The van der Waals surface area contributed by atoms with Gasteiger partial charge in [-0.1, -0.05) is 0 Å². The third-order valence-electron chi connectivity index (χ3n) is 5.22. The number of hydrogen-bond donors (Lipinski definition) is 0. The second kappa shape index (κ2) is 11.4. The lowest BCUT2D eigenvalue weighted by atomic mass is 10.1. The molecule has 31 heavy (non-hydrogen) atoms. The van der Waals surface area contributed by atoms with Gasteiger partial charge in [0.05, 0.1) is 13.2 Å². The van der Waals surface area contributed by atoms with Crippen molar-refractivity contribution in [3.63, 3.8) is 0 Å².